The van der Waals surface area contributed by atoms with Gasteiger partial charge in [0.15, 0.2) is 0 Å². The molecule has 2 aromatic heterocycles. The van der Waals surface area contributed by atoms with Gasteiger partial charge in [-0.1, -0.05) is 44.2 Å². The second-order valence-electron chi connectivity index (χ2n) is 7.39. The Kier molecular flexibility index (Phi) is 9.05. The van der Waals surface area contributed by atoms with Crippen molar-refractivity contribution in [3.05, 3.63) is 71.0 Å². The highest BCUT2D eigenvalue weighted by Crippen LogP contribution is 2.30. The van der Waals surface area contributed by atoms with Crippen LogP contribution in [-0.4, -0.2) is 34.5 Å². The van der Waals surface area contributed by atoms with E-state index in [1.807, 2.05) is 24.7 Å². The number of piperazine rings is 1. The number of hydrogen-bond acceptors (Lipinski definition) is 5. The molecule has 29 heavy (non-hydrogen) atoms. The predicted molar refractivity (Wildman–Crippen MR) is 126 cm³/mol. The van der Waals surface area contributed by atoms with E-state index in [1.54, 1.807) is 11.3 Å². The zero-order chi connectivity index (χ0) is 18.6. The van der Waals surface area contributed by atoms with E-state index in [-0.39, 0.29) is 24.8 Å². The molecule has 1 saturated heterocycles. The van der Waals surface area contributed by atoms with Gasteiger partial charge in [-0.2, -0.15) is 0 Å². The van der Waals surface area contributed by atoms with Crippen molar-refractivity contribution in [3.63, 3.8) is 0 Å². The van der Waals surface area contributed by atoms with E-state index in [4.69, 9.17) is 0 Å². The van der Waals surface area contributed by atoms with Gasteiger partial charge in [0.2, 0.25) is 0 Å². The minimum atomic E-state index is 0. The van der Waals surface area contributed by atoms with Crippen LogP contribution in [0.4, 0.5) is 0 Å². The lowest BCUT2D eigenvalue weighted by atomic mass is 10.0. The number of halogens is 2. The third kappa shape index (κ3) is 5.77. The normalized spacial score (nSPS) is 16.9. The third-order valence-corrected chi connectivity index (χ3v) is 6.19. The molecule has 1 aliphatic heterocycles. The van der Waals surface area contributed by atoms with Crippen LogP contribution < -0.4 is 5.32 Å². The molecule has 7 heteroatoms. The van der Waals surface area contributed by atoms with E-state index in [1.165, 1.54) is 21.6 Å². The Balaban J connectivity index is 0.00000150. The second-order valence-corrected chi connectivity index (χ2v) is 8.50. The van der Waals surface area contributed by atoms with Crippen molar-refractivity contribution < 1.29 is 0 Å². The van der Waals surface area contributed by atoms with Gasteiger partial charge in [0, 0.05) is 61.3 Å². The Morgan fingerprint density at radius 3 is 2.62 bits per heavy atom. The lowest BCUT2D eigenvalue weighted by molar-refractivity contribution is 0.155. The van der Waals surface area contributed by atoms with Gasteiger partial charge in [-0.25, -0.2) is 4.98 Å². The number of aromatic nitrogens is 2. The molecule has 0 radical (unpaired) electrons. The van der Waals surface area contributed by atoms with Crippen molar-refractivity contribution in [1.29, 1.82) is 0 Å². The molecule has 3 aromatic rings. The predicted octanol–water partition coefficient (Wildman–Crippen LogP) is 5.32. The quantitative estimate of drug-likeness (QED) is 0.570. The highest BCUT2D eigenvalue weighted by molar-refractivity contribution is 7.15. The molecule has 0 aliphatic carbocycles. The van der Waals surface area contributed by atoms with Crippen LogP contribution in [0, 0.1) is 0 Å². The average Bonchev–Trinajstić information content (AvgIpc) is 3.18. The number of pyridine rings is 1. The topological polar surface area (TPSA) is 41.1 Å². The molecule has 0 bridgehead atoms. The van der Waals surface area contributed by atoms with Gasteiger partial charge < -0.3 is 5.32 Å². The Hall–Kier alpha value is -1.50. The molecule has 4 rings (SSSR count). The summed E-state index contributed by atoms with van der Waals surface area (Å²) in [5.41, 5.74) is 3.86. The van der Waals surface area contributed by atoms with Gasteiger partial charge >= 0.3 is 0 Å². The summed E-state index contributed by atoms with van der Waals surface area (Å²) in [4.78, 5) is 12.8. The molecule has 3 heterocycles. The summed E-state index contributed by atoms with van der Waals surface area (Å²) in [7, 11) is 0. The van der Waals surface area contributed by atoms with E-state index in [0.717, 1.165) is 31.2 Å². The van der Waals surface area contributed by atoms with Crippen molar-refractivity contribution in [2.24, 2.45) is 0 Å². The standard InChI is InChI=1S/C22H26N4S.2ClH/c1-16(2)17-5-7-18(8-6-17)22-25-13-20(27-22)15-26-11-10-24-14-21(26)19-4-3-9-23-12-19;;/h3-9,12-13,16,21,24H,10-11,14-15H2,1-2H3;2*1H. The van der Waals surface area contributed by atoms with E-state index >= 15 is 0 Å². The zero-order valence-corrected chi connectivity index (χ0v) is 19.2. The van der Waals surface area contributed by atoms with Crippen molar-refractivity contribution in [3.8, 4) is 10.6 Å². The van der Waals surface area contributed by atoms with Crippen molar-refractivity contribution in [2.75, 3.05) is 19.6 Å². The summed E-state index contributed by atoms with van der Waals surface area (Å²) in [5.74, 6) is 0.558. The summed E-state index contributed by atoms with van der Waals surface area (Å²) < 4.78 is 0. The highest BCUT2D eigenvalue weighted by atomic mass is 35.5. The Bertz CT molecular complexity index is 868. The van der Waals surface area contributed by atoms with Crippen LogP contribution in [0.2, 0.25) is 0 Å². The van der Waals surface area contributed by atoms with Gasteiger partial charge in [0.25, 0.3) is 0 Å². The summed E-state index contributed by atoms with van der Waals surface area (Å²) in [6.45, 7) is 8.41. The Morgan fingerprint density at radius 1 is 1.14 bits per heavy atom. The fourth-order valence-corrected chi connectivity index (χ4v) is 4.51. The lowest BCUT2D eigenvalue weighted by Gasteiger charge is -2.35. The Labute approximate surface area is 189 Å². The number of benzene rings is 1. The van der Waals surface area contributed by atoms with Crippen LogP contribution in [0.5, 0.6) is 0 Å². The molecule has 1 aromatic carbocycles. The average molecular weight is 451 g/mol. The maximum Gasteiger partial charge on any atom is 0.123 e. The van der Waals surface area contributed by atoms with E-state index in [9.17, 15) is 0 Å². The monoisotopic (exact) mass is 450 g/mol. The first-order valence-corrected chi connectivity index (χ1v) is 10.4. The fourth-order valence-electron chi connectivity index (χ4n) is 3.56. The first-order valence-electron chi connectivity index (χ1n) is 9.60. The van der Waals surface area contributed by atoms with Gasteiger partial charge in [0.1, 0.15) is 5.01 Å². The van der Waals surface area contributed by atoms with Crippen LogP contribution in [0.1, 0.15) is 41.8 Å². The van der Waals surface area contributed by atoms with Gasteiger partial charge in [0.05, 0.1) is 0 Å². The molecule has 1 unspecified atom stereocenters. The molecule has 4 nitrogen and oxygen atoms in total. The number of nitrogens with zero attached hydrogens (tertiary/aromatic N) is 3. The minimum Gasteiger partial charge on any atom is -0.314 e. The van der Waals surface area contributed by atoms with Crippen LogP contribution in [0.15, 0.2) is 55.0 Å². The maximum absolute atomic E-state index is 4.69. The zero-order valence-electron chi connectivity index (χ0n) is 16.7. The summed E-state index contributed by atoms with van der Waals surface area (Å²) >= 11 is 1.80. The second kappa shape index (κ2) is 11.0. The van der Waals surface area contributed by atoms with Crippen molar-refractivity contribution in [1.82, 2.24) is 20.2 Å². The number of thiazole rings is 1. The first-order chi connectivity index (χ1) is 13.2. The number of hydrogen-bond donors (Lipinski definition) is 1. The maximum atomic E-state index is 4.69. The molecule has 1 aliphatic rings. The van der Waals surface area contributed by atoms with E-state index < -0.39 is 0 Å². The van der Waals surface area contributed by atoms with Crippen LogP contribution in [0.3, 0.4) is 0 Å². The molecular formula is C22H28Cl2N4S. The summed E-state index contributed by atoms with van der Waals surface area (Å²) in [6.07, 6.45) is 5.86. The summed E-state index contributed by atoms with van der Waals surface area (Å²) in [5, 5.41) is 4.62. The van der Waals surface area contributed by atoms with Crippen LogP contribution >= 0.6 is 36.2 Å². The van der Waals surface area contributed by atoms with Crippen molar-refractivity contribution >= 4 is 36.2 Å². The van der Waals surface area contributed by atoms with Crippen molar-refractivity contribution in [2.45, 2.75) is 32.4 Å². The van der Waals surface area contributed by atoms with E-state index in [0.29, 0.717) is 12.0 Å². The van der Waals surface area contributed by atoms with Crippen LogP contribution in [0.25, 0.3) is 10.6 Å². The minimum absolute atomic E-state index is 0. The molecule has 0 amide bonds. The smallest absolute Gasteiger partial charge is 0.123 e. The highest BCUT2D eigenvalue weighted by Gasteiger charge is 2.24. The first kappa shape index (κ1) is 23.8. The molecule has 1 atom stereocenters. The fraction of sp³-hybridized carbons (Fsp3) is 0.364. The molecule has 1 fully saturated rings. The molecule has 0 spiro atoms. The number of nitrogens with one attached hydrogen (secondary N) is 1. The number of rotatable bonds is 5. The summed E-state index contributed by atoms with van der Waals surface area (Å²) in [6, 6.07) is 13.4. The van der Waals surface area contributed by atoms with Crippen LogP contribution in [-0.2, 0) is 6.54 Å². The van der Waals surface area contributed by atoms with Gasteiger partial charge in [-0.3, -0.25) is 9.88 Å². The molecular weight excluding hydrogens is 423 g/mol. The largest absolute Gasteiger partial charge is 0.314 e. The molecule has 156 valence electrons. The van der Waals surface area contributed by atoms with Gasteiger partial charge in [-0.05, 0) is 23.1 Å². The van der Waals surface area contributed by atoms with Gasteiger partial charge in [-0.15, -0.1) is 36.2 Å². The lowest BCUT2D eigenvalue weighted by Crippen LogP contribution is -2.45. The molecule has 0 saturated carbocycles. The third-order valence-electron chi connectivity index (χ3n) is 5.16. The Morgan fingerprint density at radius 2 is 1.93 bits per heavy atom. The molecule has 1 N–H and O–H groups in total. The van der Waals surface area contributed by atoms with E-state index in [2.05, 4.69) is 64.4 Å². The SMILES string of the molecule is CC(C)c1ccc(-c2ncc(CN3CCNCC3c3cccnc3)s2)cc1.Cl.Cl.